The van der Waals surface area contributed by atoms with E-state index in [1.807, 2.05) is 0 Å². The summed E-state index contributed by atoms with van der Waals surface area (Å²) in [5.41, 5.74) is 4.80. The first kappa shape index (κ1) is 17.1. The number of ether oxygens (including phenoxy) is 2. The molecule has 6 heteroatoms. The van der Waals surface area contributed by atoms with Crippen molar-refractivity contribution in [3.8, 4) is 11.5 Å². The minimum Gasteiger partial charge on any atom is -0.494 e. The van der Waals surface area contributed by atoms with Gasteiger partial charge in [0.2, 0.25) is 0 Å². The normalized spacial score (nSPS) is 11.3. The van der Waals surface area contributed by atoms with Crippen molar-refractivity contribution in [3.63, 3.8) is 0 Å². The molecule has 2 aromatic rings. The molecule has 0 saturated heterocycles. The van der Waals surface area contributed by atoms with Crippen LogP contribution in [0.5, 0.6) is 11.5 Å². The van der Waals surface area contributed by atoms with Crippen LogP contribution in [0.3, 0.4) is 0 Å². The number of hydrogen-bond donors (Lipinski definition) is 1. The molecule has 3 nitrogen and oxygen atoms in total. The fourth-order valence-corrected chi connectivity index (χ4v) is 1.99. The molecule has 0 bridgehead atoms. The van der Waals surface area contributed by atoms with Crippen LogP contribution in [0.2, 0.25) is 0 Å². The fourth-order valence-electron chi connectivity index (χ4n) is 1.99. The van der Waals surface area contributed by atoms with Crippen LogP contribution in [0.1, 0.15) is 17.5 Å². The highest BCUT2D eigenvalue weighted by Gasteiger charge is 2.32. The molecule has 0 radical (unpaired) electrons. The van der Waals surface area contributed by atoms with Crippen molar-refractivity contribution >= 4 is 0 Å². The zero-order valence-electron chi connectivity index (χ0n) is 12.5. The summed E-state index contributed by atoms with van der Waals surface area (Å²) in [7, 11) is 0. The van der Waals surface area contributed by atoms with E-state index in [1.165, 1.54) is 12.1 Å². The summed E-state index contributed by atoms with van der Waals surface area (Å²) in [4.78, 5) is 0. The zero-order chi connectivity index (χ0) is 16.7. The summed E-state index contributed by atoms with van der Waals surface area (Å²) < 4.78 is 49.6. The average Bonchev–Trinajstić information content (AvgIpc) is 2.54. The van der Waals surface area contributed by atoms with Gasteiger partial charge in [-0.05, 0) is 43.3 Å². The molecule has 2 rings (SSSR count). The first-order valence-corrected chi connectivity index (χ1v) is 7.21. The van der Waals surface area contributed by atoms with Gasteiger partial charge in [-0.25, -0.2) is 0 Å². The van der Waals surface area contributed by atoms with Crippen molar-refractivity contribution in [3.05, 3.63) is 59.7 Å². The molecule has 0 spiro atoms. The van der Waals surface area contributed by atoms with Crippen LogP contribution in [-0.2, 0) is 12.8 Å². The molecule has 0 fully saturated rings. The van der Waals surface area contributed by atoms with Crippen LogP contribution in [-0.4, -0.2) is 13.2 Å². The quantitative estimate of drug-likeness (QED) is 0.782. The molecule has 0 aromatic heterocycles. The van der Waals surface area contributed by atoms with Crippen molar-refractivity contribution < 1.29 is 22.6 Å². The molecule has 0 aliphatic rings. The minimum absolute atomic E-state index is 0.100. The van der Waals surface area contributed by atoms with E-state index in [4.69, 9.17) is 15.2 Å². The van der Waals surface area contributed by atoms with E-state index in [0.717, 1.165) is 12.5 Å². The van der Waals surface area contributed by atoms with Crippen LogP contribution in [0.4, 0.5) is 13.2 Å². The Morgan fingerprint density at radius 3 is 2.09 bits per heavy atom. The lowest BCUT2D eigenvalue weighted by molar-refractivity contribution is -0.138. The van der Waals surface area contributed by atoms with E-state index in [9.17, 15) is 13.2 Å². The largest absolute Gasteiger partial charge is 0.494 e. The van der Waals surface area contributed by atoms with Crippen molar-refractivity contribution in [2.75, 3.05) is 13.2 Å². The number of benzene rings is 2. The molecule has 0 heterocycles. The molecule has 124 valence electrons. The van der Waals surface area contributed by atoms with Gasteiger partial charge in [0.1, 0.15) is 18.1 Å². The average molecular weight is 325 g/mol. The maximum atomic E-state index is 12.9. The highest BCUT2D eigenvalue weighted by atomic mass is 19.4. The predicted octanol–water partition coefficient (Wildman–Crippen LogP) is 4.01. The second-order valence-corrected chi connectivity index (χ2v) is 4.91. The van der Waals surface area contributed by atoms with Crippen molar-refractivity contribution in [1.82, 2.24) is 0 Å². The van der Waals surface area contributed by atoms with Gasteiger partial charge in [-0.3, -0.25) is 0 Å². The zero-order valence-corrected chi connectivity index (χ0v) is 12.5. The Morgan fingerprint density at radius 2 is 1.48 bits per heavy atom. The van der Waals surface area contributed by atoms with Gasteiger partial charge in [0.05, 0.1) is 12.2 Å². The summed E-state index contributed by atoms with van der Waals surface area (Å²) in [6.07, 6.45) is -3.63. The summed E-state index contributed by atoms with van der Waals surface area (Å²) in [6.45, 7) is 0.929. The smallest absolute Gasteiger partial charge is 0.416 e. The predicted molar refractivity (Wildman–Crippen MR) is 81.4 cm³/mol. The lowest BCUT2D eigenvalue weighted by Crippen LogP contribution is -2.10. The Morgan fingerprint density at radius 1 is 0.870 bits per heavy atom. The molecule has 0 amide bonds. The number of nitrogens with two attached hydrogens (primary N) is 1. The molecule has 0 unspecified atom stereocenters. The van der Waals surface area contributed by atoms with Gasteiger partial charge in [0.25, 0.3) is 0 Å². The van der Waals surface area contributed by atoms with Crippen molar-refractivity contribution in [1.29, 1.82) is 0 Å². The van der Waals surface area contributed by atoms with E-state index in [1.54, 1.807) is 30.3 Å². The highest BCUT2D eigenvalue weighted by molar-refractivity contribution is 5.33. The topological polar surface area (TPSA) is 44.5 Å². The van der Waals surface area contributed by atoms with Gasteiger partial charge in [0.15, 0.2) is 0 Å². The van der Waals surface area contributed by atoms with Crippen LogP contribution < -0.4 is 15.2 Å². The standard InChI is InChI=1S/C17H18F3NO2/c18-17(19,20)16-5-2-1-4-13(16)12-23-15-8-6-14(7-9-15)22-11-3-10-21/h1-2,4-9H,3,10-12,21H2. The van der Waals surface area contributed by atoms with E-state index < -0.39 is 11.7 Å². The molecular formula is C17H18F3NO2. The Hall–Kier alpha value is -2.21. The summed E-state index contributed by atoms with van der Waals surface area (Å²) >= 11 is 0. The maximum Gasteiger partial charge on any atom is 0.416 e. The molecule has 0 saturated carbocycles. The summed E-state index contributed by atoms with van der Waals surface area (Å²) in [5.74, 6) is 1.15. The lowest BCUT2D eigenvalue weighted by atomic mass is 10.1. The fraction of sp³-hybridized carbons (Fsp3) is 0.294. The first-order chi connectivity index (χ1) is 11.0. The van der Waals surface area contributed by atoms with Gasteiger partial charge in [-0.15, -0.1) is 0 Å². The SMILES string of the molecule is NCCCOc1ccc(OCc2ccccc2C(F)(F)F)cc1. The second-order valence-electron chi connectivity index (χ2n) is 4.91. The monoisotopic (exact) mass is 325 g/mol. The van der Waals surface area contributed by atoms with E-state index in [-0.39, 0.29) is 12.2 Å². The third-order valence-corrected chi connectivity index (χ3v) is 3.16. The van der Waals surface area contributed by atoms with Crippen molar-refractivity contribution in [2.45, 2.75) is 19.2 Å². The molecule has 0 aliphatic carbocycles. The van der Waals surface area contributed by atoms with Crippen molar-refractivity contribution in [2.24, 2.45) is 5.73 Å². The molecule has 2 N–H and O–H groups in total. The lowest BCUT2D eigenvalue weighted by Gasteiger charge is -2.13. The van der Waals surface area contributed by atoms with Crippen LogP contribution in [0.15, 0.2) is 48.5 Å². The van der Waals surface area contributed by atoms with E-state index in [2.05, 4.69) is 0 Å². The van der Waals surface area contributed by atoms with Gasteiger partial charge in [0, 0.05) is 5.56 Å². The van der Waals surface area contributed by atoms with Crippen LogP contribution in [0.25, 0.3) is 0 Å². The number of rotatable bonds is 7. The van der Waals surface area contributed by atoms with Gasteiger partial charge < -0.3 is 15.2 Å². The van der Waals surface area contributed by atoms with Gasteiger partial charge in [-0.2, -0.15) is 13.2 Å². The van der Waals surface area contributed by atoms with Gasteiger partial charge in [-0.1, -0.05) is 18.2 Å². The number of alkyl halides is 3. The van der Waals surface area contributed by atoms with E-state index >= 15 is 0 Å². The minimum atomic E-state index is -4.39. The maximum absolute atomic E-state index is 12.9. The second kappa shape index (κ2) is 7.87. The summed E-state index contributed by atoms with van der Waals surface area (Å²) in [5, 5.41) is 0. The third-order valence-electron chi connectivity index (χ3n) is 3.16. The Kier molecular flexibility index (Phi) is 5.87. The summed E-state index contributed by atoms with van der Waals surface area (Å²) in [6, 6.07) is 12.1. The number of hydrogen-bond acceptors (Lipinski definition) is 3. The molecule has 0 atom stereocenters. The number of halogens is 3. The third kappa shape index (κ3) is 5.17. The Labute approximate surface area is 132 Å². The van der Waals surface area contributed by atoms with E-state index in [0.29, 0.717) is 24.7 Å². The Bertz CT molecular complexity index is 612. The van der Waals surface area contributed by atoms with Gasteiger partial charge >= 0.3 is 6.18 Å². The highest BCUT2D eigenvalue weighted by Crippen LogP contribution is 2.32. The first-order valence-electron chi connectivity index (χ1n) is 7.21. The van der Waals surface area contributed by atoms with Crippen LogP contribution in [0, 0.1) is 0 Å². The Balaban J connectivity index is 1.96. The molecular weight excluding hydrogens is 307 g/mol. The molecule has 23 heavy (non-hydrogen) atoms. The molecule has 0 aliphatic heterocycles. The molecule has 2 aromatic carbocycles. The van der Waals surface area contributed by atoms with Crippen LogP contribution >= 0.6 is 0 Å².